The second-order valence-electron chi connectivity index (χ2n) is 4.27. The molecule has 0 aliphatic rings. The molecule has 1 unspecified atom stereocenters. The van der Waals surface area contributed by atoms with Crippen molar-refractivity contribution in [3.05, 3.63) is 45.9 Å². The SMILES string of the molecule is COc1ccc(C(O)CNCc2cnc(C)s2)cc1. The number of aliphatic hydroxyl groups excluding tert-OH is 1. The van der Waals surface area contributed by atoms with E-state index in [0.717, 1.165) is 22.9 Å². The number of nitrogens with one attached hydrogen (secondary N) is 1. The molecule has 2 rings (SSSR count). The van der Waals surface area contributed by atoms with Crippen LogP contribution in [0.5, 0.6) is 5.75 Å². The standard InChI is InChI=1S/C14H18N2O2S/c1-10-16-8-13(19-10)7-15-9-14(17)11-3-5-12(18-2)6-4-11/h3-6,8,14-15,17H,7,9H2,1-2H3. The molecule has 2 N–H and O–H groups in total. The molecule has 1 aromatic carbocycles. The first-order chi connectivity index (χ1) is 9.19. The van der Waals surface area contributed by atoms with Gasteiger partial charge in [0.2, 0.25) is 0 Å². The van der Waals surface area contributed by atoms with E-state index in [1.54, 1.807) is 18.4 Å². The van der Waals surface area contributed by atoms with Crippen molar-refractivity contribution in [1.29, 1.82) is 0 Å². The molecule has 5 heteroatoms. The fourth-order valence-corrected chi connectivity index (χ4v) is 2.53. The Balaban J connectivity index is 1.81. The number of hydrogen-bond donors (Lipinski definition) is 2. The fourth-order valence-electron chi connectivity index (χ4n) is 1.76. The Morgan fingerprint density at radius 2 is 2.11 bits per heavy atom. The smallest absolute Gasteiger partial charge is 0.118 e. The van der Waals surface area contributed by atoms with Crippen molar-refractivity contribution in [1.82, 2.24) is 10.3 Å². The first-order valence-corrected chi connectivity index (χ1v) is 6.94. The van der Waals surface area contributed by atoms with E-state index in [1.807, 2.05) is 37.4 Å². The average molecular weight is 278 g/mol. The Morgan fingerprint density at radius 1 is 1.37 bits per heavy atom. The highest BCUT2D eigenvalue weighted by atomic mass is 32.1. The Morgan fingerprint density at radius 3 is 2.68 bits per heavy atom. The summed E-state index contributed by atoms with van der Waals surface area (Å²) in [7, 11) is 1.63. The minimum Gasteiger partial charge on any atom is -0.497 e. The molecule has 2 aromatic rings. The highest BCUT2D eigenvalue weighted by molar-refractivity contribution is 7.11. The summed E-state index contributed by atoms with van der Waals surface area (Å²) in [6.07, 6.45) is 1.35. The summed E-state index contributed by atoms with van der Waals surface area (Å²) in [5.41, 5.74) is 0.883. The van der Waals surface area contributed by atoms with Gasteiger partial charge in [-0.1, -0.05) is 12.1 Å². The van der Waals surface area contributed by atoms with E-state index in [9.17, 15) is 5.11 Å². The minimum atomic E-state index is -0.514. The van der Waals surface area contributed by atoms with Crippen molar-refractivity contribution in [2.45, 2.75) is 19.6 Å². The number of hydrogen-bond acceptors (Lipinski definition) is 5. The highest BCUT2D eigenvalue weighted by Gasteiger charge is 2.07. The molecular formula is C14H18N2O2S. The van der Waals surface area contributed by atoms with Gasteiger partial charge in [-0.2, -0.15) is 0 Å². The Kier molecular flexibility index (Phi) is 4.90. The normalized spacial score (nSPS) is 12.4. The van der Waals surface area contributed by atoms with Gasteiger partial charge in [-0.25, -0.2) is 4.98 Å². The van der Waals surface area contributed by atoms with E-state index >= 15 is 0 Å². The maximum absolute atomic E-state index is 10.1. The van der Waals surface area contributed by atoms with Crippen LogP contribution in [0.4, 0.5) is 0 Å². The van der Waals surface area contributed by atoms with Crippen LogP contribution in [0.3, 0.4) is 0 Å². The van der Waals surface area contributed by atoms with Crippen molar-refractivity contribution in [3.63, 3.8) is 0 Å². The quantitative estimate of drug-likeness (QED) is 0.851. The first kappa shape index (κ1) is 14.0. The van der Waals surface area contributed by atoms with Crippen LogP contribution in [-0.4, -0.2) is 23.7 Å². The molecule has 4 nitrogen and oxygen atoms in total. The zero-order valence-corrected chi connectivity index (χ0v) is 11.9. The number of nitrogens with zero attached hydrogens (tertiary/aromatic N) is 1. The Hall–Kier alpha value is -1.43. The third-order valence-corrected chi connectivity index (χ3v) is 3.72. The van der Waals surface area contributed by atoms with Crippen LogP contribution in [0.1, 0.15) is 21.6 Å². The number of methoxy groups -OCH3 is 1. The van der Waals surface area contributed by atoms with E-state index in [1.165, 1.54) is 4.88 Å². The summed E-state index contributed by atoms with van der Waals surface area (Å²) in [6, 6.07) is 7.46. The van der Waals surface area contributed by atoms with E-state index < -0.39 is 6.10 Å². The maximum atomic E-state index is 10.1. The molecule has 102 valence electrons. The number of ether oxygens (including phenoxy) is 1. The minimum absolute atomic E-state index is 0.514. The first-order valence-electron chi connectivity index (χ1n) is 6.13. The summed E-state index contributed by atoms with van der Waals surface area (Å²) < 4.78 is 5.09. The Bertz CT molecular complexity index is 510. The topological polar surface area (TPSA) is 54.4 Å². The molecule has 0 saturated heterocycles. The molecule has 0 radical (unpaired) electrons. The van der Waals surface area contributed by atoms with Gasteiger partial charge < -0.3 is 15.2 Å². The maximum Gasteiger partial charge on any atom is 0.118 e. The van der Waals surface area contributed by atoms with Gasteiger partial charge in [0, 0.05) is 24.2 Å². The molecule has 1 heterocycles. The lowest BCUT2D eigenvalue weighted by atomic mass is 10.1. The van der Waals surface area contributed by atoms with Crippen molar-refractivity contribution < 1.29 is 9.84 Å². The molecule has 1 atom stereocenters. The number of benzene rings is 1. The van der Waals surface area contributed by atoms with Crippen molar-refractivity contribution >= 4 is 11.3 Å². The van der Waals surface area contributed by atoms with Gasteiger partial charge in [0.1, 0.15) is 5.75 Å². The van der Waals surface area contributed by atoms with Crippen LogP contribution in [0.2, 0.25) is 0 Å². The number of thiazole rings is 1. The fraction of sp³-hybridized carbons (Fsp3) is 0.357. The van der Waals surface area contributed by atoms with Gasteiger partial charge in [-0.15, -0.1) is 11.3 Å². The van der Waals surface area contributed by atoms with Gasteiger partial charge in [-0.05, 0) is 24.6 Å². The van der Waals surface area contributed by atoms with Crippen LogP contribution in [0.15, 0.2) is 30.5 Å². The van der Waals surface area contributed by atoms with Crippen LogP contribution in [0.25, 0.3) is 0 Å². The molecule has 0 amide bonds. The summed E-state index contributed by atoms with van der Waals surface area (Å²) in [6.45, 7) is 3.24. The zero-order valence-electron chi connectivity index (χ0n) is 11.1. The summed E-state index contributed by atoms with van der Waals surface area (Å²) >= 11 is 1.67. The lowest BCUT2D eigenvalue weighted by Crippen LogP contribution is -2.20. The van der Waals surface area contributed by atoms with Gasteiger partial charge in [-0.3, -0.25) is 0 Å². The van der Waals surface area contributed by atoms with E-state index in [4.69, 9.17) is 4.74 Å². The highest BCUT2D eigenvalue weighted by Crippen LogP contribution is 2.17. The van der Waals surface area contributed by atoms with E-state index in [0.29, 0.717) is 6.54 Å². The number of aliphatic hydroxyl groups is 1. The molecule has 0 saturated carbocycles. The molecule has 0 spiro atoms. The third kappa shape index (κ3) is 4.02. The van der Waals surface area contributed by atoms with Crippen LogP contribution < -0.4 is 10.1 Å². The summed E-state index contributed by atoms with van der Waals surface area (Å²) in [4.78, 5) is 5.37. The van der Waals surface area contributed by atoms with E-state index in [-0.39, 0.29) is 0 Å². The van der Waals surface area contributed by atoms with Crippen molar-refractivity contribution in [2.24, 2.45) is 0 Å². The molecular weight excluding hydrogens is 260 g/mol. The molecule has 19 heavy (non-hydrogen) atoms. The predicted octanol–water partition coefficient (Wildman–Crippen LogP) is 2.28. The van der Waals surface area contributed by atoms with Crippen molar-refractivity contribution in [3.8, 4) is 5.75 Å². The average Bonchev–Trinajstić information content (AvgIpc) is 2.84. The number of aryl methyl sites for hydroxylation is 1. The monoisotopic (exact) mass is 278 g/mol. The zero-order chi connectivity index (χ0) is 13.7. The predicted molar refractivity (Wildman–Crippen MR) is 76.5 cm³/mol. The molecule has 0 bridgehead atoms. The Labute approximate surface area is 117 Å². The van der Waals surface area contributed by atoms with Gasteiger partial charge >= 0.3 is 0 Å². The molecule has 0 fully saturated rings. The number of aromatic nitrogens is 1. The second-order valence-corrected chi connectivity index (χ2v) is 5.58. The lowest BCUT2D eigenvalue weighted by molar-refractivity contribution is 0.174. The molecule has 0 aliphatic heterocycles. The van der Waals surface area contributed by atoms with E-state index in [2.05, 4.69) is 10.3 Å². The van der Waals surface area contributed by atoms with Crippen molar-refractivity contribution in [2.75, 3.05) is 13.7 Å². The second kappa shape index (κ2) is 6.65. The summed E-state index contributed by atoms with van der Waals surface area (Å²) in [5, 5.41) is 14.3. The molecule has 0 aliphatic carbocycles. The number of rotatable bonds is 6. The van der Waals surface area contributed by atoms with Gasteiger partial charge in [0.15, 0.2) is 0 Å². The molecule has 1 aromatic heterocycles. The lowest BCUT2D eigenvalue weighted by Gasteiger charge is -2.12. The van der Waals surface area contributed by atoms with Crippen LogP contribution >= 0.6 is 11.3 Å². The van der Waals surface area contributed by atoms with Crippen LogP contribution in [-0.2, 0) is 6.54 Å². The van der Waals surface area contributed by atoms with Gasteiger partial charge in [0.25, 0.3) is 0 Å². The largest absolute Gasteiger partial charge is 0.497 e. The van der Waals surface area contributed by atoms with Crippen LogP contribution in [0, 0.1) is 6.92 Å². The summed E-state index contributed by atoms with van der Waals surface area (Å²) in [5.74, 6) is 0.795. The van der Waals surface area contributed by atoms with Gasteiger partial charge in [0.05, 0.1) is 18.2 Å². The third-order valence-electron chi connectivity index (χ3n) is 2.81.